The van der Waals surface area contributed by atoms with Gasteiger partial charge in [-0.25, -0.2) is 9.78 Å². The molecule has 1 aromatic heterocycles. The third-order valence-electron chi connectivity index (χ3n) is 8.14. The molecule has 0 spiro atoms. The van der Waals surface area contributed by atoms with E-state index in [0.29, 0.717) is 12.1 Å². The van der Waals surface area contributed by atoms with E-state index in [2.05, 4.69) is 54.8 Å². The predicted octanol–water partition coefficient (Wildman–Crippen LogP) is 9.76. The van der Waals surface area contributed by atoms with Crippen molar-refractivity contribution in [1.29, 1.82) is 0 Å². The van der Waals surface area contributed by atoms with Gasteiger partial charge in [0.15, 0.2) is 0 Å². The smallest absolute Gasteiger partial charge is 0.339 e. The van der Waals surface area contributed by atoms with Crippen LogP contribution in [0.25, 0.3) is 22.2 Å². The molecule has 0 fully saturated rings. The van der Waals surface area contributed by atoms with Gasteiger partial charge in [0.05, 0.1) is 16.6 Å². The zero-order chi connectivity index (χ0) is 32.4. The van der Waals surface area contributed by atoms with E-state index in [1.54, 1.807) is 6.92 Å². The van der Waals surface area contributed by atoms with Gasteiger partial charge in [-0.2, -0.15) is 0 Å². The maximum atomic E-state index is 13.0. The normalized spacial score (nSPS) is 11.6. The van der Waals surface area contributed by atoms with E-state index < -0.39 is 5.60 Å². The summed E-state index contributed by atoms with van der Waals surface area (Å²) in [6.07, 6.45) is 10.2. The van der Waals surface area contributed by atoms with E-state index in [4.69, 9.17) is 9.72 Å². The topological polar surface area (TPSA) is 64.4 Å². The first kappa shape index (κ1) is 34.0. The number of fused-ring (bicyclic) bond motifs is 1. The average Bonchev–Trinajstić information content (AvgIpc) is 3.35. The fourth-order valence-corrected chi connectivity index (χ4v) is 5.77. The number of hydrogen-bond acceptors (Lipinski definition) is 4. The number of anilines is 1. The number of amides is 1. The molecule has 6 nitrogen and oxygen atoms in total. The summed E-state index contributed by atoms with van der Waals surface area (Å²) in [5.41, 5.74) is 5.90. The van der Waals surface area contributed by atoms with Gasteiger partial charge in [-0.05, 0) is 74.6 Å². The van der Waals surface area contributed by atoms with E-state index in [9.17, 15) is 9.59 Å². The first-order chi connectivity index (χ1) is 21.6. The maximum absolute atomic E-state index is 13.0. The lowest BCUT2D eigenvalue weighted by Gasteiger charge is -2.21. The van der Waals surface area contributed by atoms with Crippen LogP contribution in [-0.2, 0) is 22.5 Å². The van der Waals surface area contributed by atoms with E-state index in [1.165, 1.54) is 25.7 Å². The van der Waals surface area contributed by atoms with Crippen molar-refractivity contribution in [3.63, 3.8) is 0 Å². The van der Waals surface area contributed by atoms with Crippen molar-refractivity contribution in [2.45, 2.75) is 111 Å². The molecule has 1 amide bonds. The molecule has 0 saturated heterocycles. The summed E-state index contributed by atoms with van der Waals surface area (Å²) in [5.74, 6) is 0.815. The van der Waals surface area contributed by atoms with Gasteiger partial charge in [0, 0.05) is 32.1 Å². The summed E-state index contributed by atoms with van der Waals surface area (Å²) < 4.78 is 7.98. The first-order valence-corrected chi connectivity index (χ1v) is 16.8. The monoisotopic (exact) mass is 609 g/mol. The molecule has 0 aliphatic heterocycles. The standard InChI is InChI=1S/C39H51N3O3/c1-7-9-11-12-13-16-26-41(29(3)43)32-24-25-35-36(27-32)42(37(40-35)19-10-8-2)28-30-20-22-31(23-21-30)33-17-14-15-18-34(33)38(44)45-39(4,5)6/h14-15,17-18,20-25,27H,7-13,16,19,26,28H2,1-6H3. The number of nitrogens with zero attached hydrogens (tertiary/aromatic N) is 3. The molecule has 0 N–H and O–H groups in total. The molecular formula is C39H51N3O3. The zero-order valence-electron chi connectivity index (χ0n) is 28.2. The van der Waals surface area contributed by atoms with Crippen LogP contribution >= 0.6 is 0 Å². The number of esters is 1. The highest BCUT2D eigenvalue weighted by molar-refractivity contribution is 5.97. The number of carbonyl (C=O) groups excluding carboxylic acids is 2. The van der Waals surface area contributed by atoms with Gasteiger partial charge in [-0.15, -0.1) is 0 Å². The number of hydrogen-bond donors (Lipinski definition) is 0. The number of unbranched alkanes of at least 4 members (excludes halogenated alkanes) is 6. The number of ether oxygens (including phenoxy) is 1. The molecule has 0 unspecified atom stereocenters. The highest BCUT2D eigenvalue weighted by Gasteiger charge is 2.21. The summed E-state index contributed by atoms with van der Waals surface area (Å²) in [4.78, 5) is 32.6. The second-order valence-corrected chi connectivity index (χ2v) is 13.1. The minimum atomic E-state index is -0.563. The lowest BCUT2D eigenvalue weighted by Crippen LogP contribution is -2.29. The van der Waals surface area contributed by atoms with Crippen LogP contribution in [0.3, 0.4) is 0 Å². The summed E-state index contributed by atoms with van der Waals surface area (Å²) in [6, 6.07) is 22.3. The summed E-state index contributed by atoms with van der Waals surface area (Å²) in [6.45, 7) is 13.1. The quantitative estimate of drug-likeness (QED) is 0.0994. The van der Waals surface area contributed by atoms with Crippen LogP contribution in [-0.4, -0.2) is 33.6 Å². The van der Waals surface area contributed by atoms with Gasteiger partial charge in [0.1, 0.15) is 11.4 Å². The van der Waals surface area contributed by atoms with Crippen molar-refractivity contribution < 1.29 is 14.3 Å². The molecule has 0 radical (unpaired) electrons. The van der Waals surface area contributed by atoms with Gasteiger partial charge >= 0.3 is 5.97 Å². The first-order valence-electron chi connectivity index (χ1n) is 16.8. The van der Waals surface area contributed by atoms with Gasteiger partial charge in [-0.1, -0.05) is 94.8 Å². The fourth-order valence-electron chi connectivity index (χ4n) is 5.77. The number of rotatable bonds is 15. The Hall–Kier alpha value is -3.93. The van der Waals surface area contributed by atoms with E-state index >= 15 is 0 Å². The SMILES string of the molecule is CCCCCCCCN(C(C)=O)c1ccc2nc(CCCC)n(Cc3ccc(-c4ccccc4C(=O)OC(C)(C)C)cc3)c2c1. The molecule has 6 heteroatoms. The second kappa shape index (κ2) is 15.9. The van der Waals surface area contributed by atoms with Crippen molar-refractivity contribution in [1.82, 2.24) is 9.55 Å². The van der Waals surface area contributed by atoms with Crippen molar-refractivity contribution >= 4 is 28.6 Å². The predicted molar refractivity (Wildman–Crippen MR) is 186 cm³/mol. The van der Waals surface area contributed by atoms with Gasteiger partial charge in [0.25, 0.3) is 0 Å². The number of imidazole rings is 1. The van der Waals surface area contributed by atoms with Gasteiger partial charge < -0.3 is 14.2 Å². The Labute approximate surface area is 269 Å². The highest BCUT2D eigenvalue weighted by Crippen LogP contribution is 2.29. The fraction of sp³-hybridized carbons (Fsp3) is 0.462. The van der Waals surface area contributed by atoms with Crippen molar-refractivity contribution in [3.05, 3.63) is 83.7 Å². The van der Waals surface area contributed by atoms with E-state index in [1.807, 2.05) is 56.0 Å². The second-order valence-electron chi connectivity index (χ2n) is 13.1. The Morgan fingerprint density at radius 2 is 1.53 bits per heavy atom. The molecule has 0 aliphatic rings. The number of benzene rings is 3. The molecule has 45 heavy (non-hydrogen) atoms. The molecule has 3 aromatic carbocycles. The minimum Gasteiger partial charge on any atom is -0.456 e. The molecule has 4 rings (SSSR count). The third kappa shape index (κ3) is 9.29. The van der Waals surface area contributed by atoms with Gasteiger partial charge in [0.2, 0.25) is 5.91 Å². The third-order valence-corrected chi connectivity index (χ3v) is 8.14. The Bertz CT molecular complexity index is 1560. The largest absolute Gasteiger partial charge is 0.456 e. The van der Waals surface area contributed by atoms with Crippen LogP contribution in [0.2, 0.25) is 0 Å². The molecule has 0 saturated carbocycles. The van der Waals surface area contributed by atoms with Crippen LogP contribution in [0.1, 0.15) is 115 Å². The Kier molecular flexibility index (Phi) is 12.0. The summed E-state index contributed by atoms with van der Waals surface area (Å²) >= 11 is 0. The van der Waals surface area contributed by atoms with Crippen LogP contribution < -0.4 is 4.90 Å². The molecule has 0 atom stereocenters. The van der Waals surface area contributed by atoms with Gasteiger partial charge in [-0.3, -0.25) is 4.79 Å². The molecule has 4 aromatic rings. The van der Waals surface area contributed by atoms with Crippen molar-refractivity contribution in [3.8, 4) is 11.1 Å². The van der Waals surface area contributed by atoms with Crippen molar-refractivity contribution in [2.24, 2.45) is 0 Å². The minimum absolute atomic E-state index is 0.0717. The van der Waals surface area contributed by atoms with E-state index in [-0.39, 0.29) is 11.9 Å². The number of carbonyl (C=O) groups is 2. The zero-order valence-corrected chi connectivity index (χ0v) is 28.2. The number of aromatic nitrogens is 2. The van der Waals surface area contributed by atoms with Crippen LogP contribution in [0.4, 0.5) is 5.69 Å². The van der Waals surface area contributed by atoms with E-state index in [0.717, 1.165) is 77.9 Å². The summed E-state index contributed by atoms with van der Waals surface area (Å²) in [7, 11) is 0. The lowest BCUT2D eigenvalue weighted by molar-refractivity contribution is -0.116. The maximum Gasteiger partial charge on any atom is 0.339 e. The van der Waals surface area contributed by atoms with Crippen LogP contribution in [0.5, 0.6) is 0 Å². The molecule has 1 heterocycles. The Morgan fingerprint density at radius 1 is 0.844 bits per heavy atom. The highest BCUT2D eigenvalue weighted by atomic mass is 16.6. The summed E-state index contributed by atoms with van der Waals surface area (Å²) in [5, 5.41) is 0. The van der Waals surface area contributed by atoms with Crippen molar-refractivity contribution in [2.75, 3.05) is 11.4 Å². The molecular weight excluding hydrogens is 558 g/mol. The Balaban J connectivity index is 1.60. The number of aryl methyl sites for hydroxylation is 1. The average molecular weight is 610 g/mol. The van der Waals surface area contributed by atoms with Crippen LogP contribution in [0.15, 0.2) is 66.7 Å². The lowest BCUT2D eigenvalue weighted by atomic mass is 9.98. The molecule has 0 bridgehead atoms. The molecule has 240 valence electrons. The molecule has 0 aliphatic carbocycles. The Morgan fingerprint density at radius 3 is 2.22 bits per heavy atom. The van der Waals surface area contributed by atoms with Crippen LogP contribution in [0, 0.1) is 0 Å².